The van der Waals surface area contributed by atoms with E-state index >= 15 is 0 Å². The highest BCUT2D eigenvalue weighted by Gasteiger charge is 2.13. The first kappa shape index (κ1) is 19.7. The highest BCUT2D eigenvalue weighted by molar-refractivity contribution is 6.02. The molecule has 0 saturated heterocycles. The molecule has 0 fully saturated rings. The Morgan fingerprint density at radius 2 is 1.62 bits per heavy atom. The van der Waals surface area contributed by atoms with E-state index in [1.807, 2.05) is 48.5 Å². The van der Waals surface area contributed by atoms with Crippen LogP contribution in [0.4, 0.5) is 4.79 Å². The predicted molar refractivity (Wildman–Crippen MR) is 107 cm³/mol. The lowest BCUT2D eigenvalue weighted by Gasteiger charge is -2.19. The van der Waals surface area contributed by atoms with E-state index in [1.165, 1.54) is 11.1 Å². The van der Waals surface area contributed by atoms with Crippen LogP contribution in [-0.4, -0.2) is 11.9 Å². The molecular formula is C22H28N2O2. The van der Waals surface area contributed by atoms with Crippen molar-refractivity contribution in [2.75, 3.05) is 0 Å². The zero-order valence-corrected chi connectivity index (χ0v) is 16.2. The van der Waals surface area contributed by atoms with Gasteiger partial charge in [0.2, 0.25) is 0 Å². The van der Waals surface area contributed by atoms with E-state index in [0.717, 1.165) is 5.56 Å². The standard InChI is InChI=1S/C22H28N2O2/c1-15(2)17-8-6-16(7-9-17)14-26-21(25)24-20(23)18-10-12-19(13-11-18)22(3,4)5/h6-13,15H,14H2,1-5H3,(H2,23,24,25). The van der Waals surface area contributed by atoms with Crippen molar-refractivity contribution in [2.45, 2.75) is 52.6 Å². The first-order valence-electron chi connectivity index (χ1n) is 8.87. The molecule has 0 bridgehead atoms. The Morgan fingerprint density at radius 1 is 1.04 bits per heavy atom. The number of hydrogen-bond acceptors (Lipinski definition) is 2. The Kier molecular flexibility index (Phi) is 6.19. The Balaban J connectivity index is 1.96. The van der Waals surface area contributed by atoms with Gasteiger partial charge >= 0.3 is 6.09 Å². The van der Waals surface area contributed by atoms with Crippen LogP contribution >= 0.6 is 0 Å². The van der Waals surface area contributed by atoms with Crippen molar-refractivity contribution < 1.29 is 9.53 Å². The maximum absolute atomic E-state index is 11.9. The number of carbonyl (C=O) groups is 1. The molecule has 0 unspecified atom stereocenters. The van der Waals surface area contributed by atoms with Crippen molar-refractivity contribution in [3.05, 3.63) is 70.8 Å². The highest BCUT2D eigenvalue weighted by Crippen LogP contribution is 2.22. The van der Waals surface area contributed by atoms with E-state index < -0.39 is 6.09 Å². The van der Waals surface area contributed by atoms with Crippen LogP contribution in [0.15, 0.2) is 53.5 Å². The summed E-state index contributed by atoms with van der Waals surface area (Å²) in [6, 6.07) is 15.7. The van der Waals surface area contributed by atoms with E-state index in [0.29, 0.717) is 11.5 Å². The van der Waals surface area contributed by atoms with E-state index in [-0.39, 0.29) is 17.9 Å². The number of carbonyl (C=O) groups excluding carboxylic acids is 1. The first-order chi connectivity index (χ1) is 12.2. The number of amidine groups is 1. The Hall–Kier alpha value is -2.62. The molecule has 138 valence electrons. The van der Waals surface area contributed by atoms with Gasteiger partial charge in [-0.15, -0.1) is 0 Å². The third kappa shape index (κ3) is 5.45. The number of amides is 1. The van der Waals surface area contributed by atoms with E-state index in [2.05, 4.69) is 39.6 Å². The van der Waals surface area contributed by atoms with Gasteiger partial charge in [-0.1, -0.05) is 83.1 Å². The molecule has 26 heavy (non-hydrogen) atoms. The molecule has 0 heterocycles. The van der Waals surface area contributed by atoms with E-state index in [4.69, 9.17) is 10.5 Å². The molecule has 2 rings (SSSR count). The van der Waals surface area contributed by atoms with Gasteiger partial charge in [0.05, 0.1) is 0 Å². The van der Waals surface area contributed by atoms with Crippen LogP contribution in [0.25, 0.3) is 0 Å². The second kappa shape index (κ2) is 8.17. The molecule has 2 aromatic carbocycles. The molecule has 1 amide bonds. The van der Waals surface area contributed by atoms with Crippen molar-refractivity contribution in [3.63, 3.8) is 0 Å². The van der Waals surface area contributed by atoms with Crippen LogP contribution < -0.4 is 5.73 Å². The summed E-state index contributed by atoms with van der Waals surface area (Å²) in [5.41, 5.74) is 10.1. The van der Waals surface area contributed by atoms with Crippen LogP contribution in [0.3, 0.4) is 0 Å². The number of ether oxygens (including phenoxy) is 1. The summed E-state index contributed by atoms with van der Waals surface area (Å²) >= 11 is 0. The summed E-state index contributed by atoms with van der Waals surface area (Å²) in [4.78, 5) is 15.7. The zero-order valence-electron chi connectivity index (χ0n) is 16.2. The minimum atomic E-state index is -0.685. The fourth-order valence-corrected chi connectivity index (χ4v) is 2.48. The second-order valence-corrected chi connectivity index (χ2v) is 7.78. The monoisotopic (exact) mass is 352 g/mol. The third-order valence-electron chi connectivity index (χ3n) is 4.27. The molecule has 4 nitrogen and oxygen atoms in total. The fraction of sp³-hybridized carbons (Fsp3) is 0.364. The quantitative estimate of drug-likeness (QED) is 0.611. The highest BCUT2D eigenvalue weighted by atomic mass is 16.5. The van der Waals surface area contributed by atoms with Gasteiger partial charge < -0.3 is 10.5 Å². The molecule has 0 aromatic heterocycles. The number of hydrogen-bond donors (Lipinski definition) is 1. The second-order valence-electron chi connectivity index (χ2n) is 7.78. The molecule has 0 spiro atoms. The summed E-state index contributed by atoms with van der Waals surface area (Å²) in [5.74, 6) is 0.631. The van der Waals surface area contributed by atoms with Crippen LogP contribution in [0.1, 0.15) is 62.8 Å². The van der Waals surface area contributed by atoms with Gasteiger partial charge in [-0.05, 0) is 28.0 Å². The fourth-order valence-electron chi connectivity index (χ4n) is 2.48. The van der Waals surface area contributed by atoms with Crippen LogP contribution in [0, 0.1) is 0 Å². The van der Waals surface area contributed by atoms with Gasteiger partial charge in [-0.3, -0.25) is 0 Å². The summed E-state index contributed by atoms with van der Waals surface area (Å²) in [6.45, 7) is 10.9. The maximum atomic E-state index is 11.9. The van der Waals surface area contributed by atoms with Crippen molar-refractivity contribution in [2.24, 2.45) is 10.7 Å². The van der Waals surface area contributed by atoms with Crippen molar-refractivity contribution in [1.82, 2.24) is 0 Å². The average molecular weight is 352 g/mol. The normalized spacial score (nSPS) is 12.3. The van der Waals surface area contributed by atoms with Crippen molar-refractivity contribution in [3.8, 4) is 0 Å². The van der Waals surface area contributed by atoms with Gasteiger partial charge in [-0.2, -0.15) is 4.99 Å². The smallest absolute Gasteiger partial charge is 0.435 e. The lowest BCUT2D eigenvalue weighted by molar-refractivity contribution is 0.151. The third-order valence-corrected chi connectivity index (χ3v) is 4.27. The lowest BCUT2D eigenvalue weighted by Crippen LogP contribution is -2.17. The topological polar surface area (TPSA) is 64.7 Å². The molecule has 0 aliphatic heterocycles. The maximum Gasteiger partial charge on any atom is 0.435 e. The minimum Gasteiger partial charge on any atom is -0.443 e. The van der Waals surface area contributed by atoms with Crippen molar-refractivity contribution in [1.29, 1.82) is 0 Å². The average Bonchev–Trinajstić information content (AvgIpc) is 2.59. The summed E-state index contributed by atoms with van der Waals surface area (Å²) in [6.07, 6.45) is -0.685. The van der Waals surface area contributed by atoms with E-state index in [1.54, 1.807) is 0 Å². The molecule has 0 radical (unpaired) electrons. The van der Waals surface area contributed by atoms with E-state index in [9.17, 15) is 4.79 Å². The summed E-state index contributed by atoms with van der Waals surface area (Å²) < 4.78 is 5.19. The van der Waals surface area contributed by atoms with Gasteiger partial charge in [0, 0.05) is 5.56 Å². The first-order valence-corrected chi connectivity index (χ1v) is 8.87. The molecule has 0 atom stereocenters. The van der Waals surface area contributed by atoms with Crippen LogP contribution in [-0.2, 0) is 16.8 Å². The zero-order chi connectivity index (χ0) is 19.3. The predicted octanol–water partition coefficient (Wildman–Crippen LogP) is 5.15. The molecule has 2 N–H and O–H groups in total. The molecular weight excluding hydrogens is 324 g/mol. The van der Waals surface area contributed by atoms with Gasteiger partial charge in [0.25, 0.3) is 0 Å². The van der Waals surface area contributed by atoms with Gasteiger partial charge in [-0.25, -0.2) is 4.79 Å². The number of nitrogens with zero attached hydrogens (tertiary/aromatic N) is 1. The SMILES string of the molecule is CC(C)c1ccc(COC(=O)N=C(N)c2ccc(C(C)(C)C)cc2)cc1. The summed E-state index contributed by atoms with van der Waals surface area (Å²) in [7, 11) is 0. The largest absolute Gasteiger partial charge is 0.443 e. The Bertz CT molecular complexity index is 767. The molecule has 0 aliphatic carbocycles. The number of rotatable bonds is 4. The Labute approximate surface area is 156 Å². The van der Waals surface area contributed by atoms with Crippen molar-refractivity contribution >= 4 is 11.9 Å². The molecule has 2 aromatic rings. The Morgan fingerprint density at radius 3 is 2.12 bits per heavy atom. The lowest BCUT2D eigenvalue weighted by atomic mass is 9.87. The van der Waals surface area contributed by atoms with Gasteiger partial charge in [0.15, 0.2) is 0 Å². The summed E-state index contributed by atoms with van der Waals surface area (Å²) in [5, 5.41) is 0. The minimum absolute atomic E-state index is 0.0640. The molecule has 0 aliphatic rings. The molecule has 0 saturated carbocycles. The number of nitrogens with two attached hydrogens (primary N) is 1. The van der Waals surface area contributed by atoms with Crippen LogP contribution in [0.5, 0.6) is 0 Å². The molecule has 4 heteroatoms. The number of aliphatic imine (C=N–C) groups is 1. The number of benzene rings is 2. The van der Waals surface area contributed by atoms with Gasteiger partial charge in [0.1, 0.15) is 12.4 Å². The van der Waals surface area contributed by atoms with Crippen LogP contribution in [0.2, 0.25) is 0 Å².